The average molecular weight is 352 g/mol. The van der Waals surface area contributed by atoms with Crippen molar-refractivity contribution in [1.82, 2.24) is 10.2 Å². The Morgan fingerprint density at radius 2 is 2.17 bits per heavy atom. The van der Waals surface area contributed by atoms with Gasteiger partial charge < -0.3 is 20.4 Å². The summed E-state index contributed by atoms with van der Waals surface area (Å²) in [5, 5.41) is 23.8. The quantitative estimate of drug-likeness (QED) is 0.649. The maximum absolute atomic E-state index is 12.4. The number of aliphatic hydroxyl groups excluding tert-OH is 1. The number of amides is 1. The molecule has 2 saturated heterocycles. The molecule has 3 heterocycles. The van der Waals surface area contributed by atoms with E-state index < -0.39 is 18.0 Å². The third-order valence-electron chi connectivity index (χ3n) is 5.94. The molecule has 3 fully saturated rings. The molecule has 0 radical (unpaired) electrons. The molecule has 7 heteroatoms. The number of carboxylic acid groups (broad SMARTS) is 1. The van der Waals surface area contributed by atoms with Gasteiger partial charge in [-0.15, -0.1) is 11.8 Å². The number of rotatable bonds is 4. The largest absolute Gasteiger partial charge is 0.477 e. The van der Waals surface area contributed by atoms with Gasteiger partial charge in [0.15, 0.2) is 0 Å². The highest BCUT2D eigenvalue weighted by Gasteiger charge is 2.62. The van der Waals surface area contributed by atoms with Crippen molar-refractivity contribution in [3.63, 3.8) is 0 Å². The molecule has 4 aliphatic rings. The molecule has 4 rings (SSSR count). The molecule has 0 unspecified atom stereocenters. The van der Waals surface area contributed by atoms with Crippen LogP contribution in [0.4, 0.5) is 0 Å². The second kappa shape index (κ2) is 6.04. The molecule has 3 N–H and O–H groups in total. The number of hydrogen-bond acceptors (Lipinski definition) is 5. The van der Waals surface area contributed by atoms with E-state index in [1.807, 2.05) is 11.8 Å². The van der Waals surface area contributed by atoms with Crippen molar-refractivity contribution in [2.24, 2.45) is 11.8 Å². The Balaban J connectivity index is 1.67. The number of carbonyl (C=O) groups excluding carboxylic acids is 1. The topological polar surface area (TPSA) is 89.9 Å². The number of carboxylic acids is 1. The first-order valence-corrected chi connectivity index (χ1v) is 9.79. The van der Waals surface area contributed by atoms with Crippen molar-refractivity contribution in [2.75, 3.05) is 13.1 Å². The van der Waals surface area contributed by atoms with Crippen LogP contribution in [0.5, 0.6) is 0 Å². The highest BCUT2D eigenvalue weighted by atomic mass is 32.2. The lowest BCUT2D eigenvalue weighted by Gasteiger charge is -2.47. The van der Waals surface area contributed by atoms with E-state index in [1.165, 1.54) is 4.90 Å². The van der Waals surface area contributed by atoms with Crippen LogP contribution in [0.1, 0.15) is 32.6 Å². The Morgan fingerprint density at radius 3 is 2.79 bits per heavy atom. The van der Waals surface area contributed by atoms with Crippen LogP contribution in [0.25, 0.3) is 0 Å². The fourth-order valence-electron chi connectivity index (χ4n) is 4.95. The molecular weight excluding hydrogens is 328 g/mol. The van der Waals surface area contributed by atoms with Crippen LogP contribution in [0, 0.1) is 11.8 Å². The number of β-lactam (4-membered cyclic amide) rings is 1. The van der Waals surface area contributed by atoms with E-state index >= 15 is 0 Å². The summed E-state index contributed by atoms with van der Waals surface area (Å²) in [7, 11) is 0. The summed E-state index contributed by atoms with van der Waals surface area (Å²) in [5.74, 6) is -1.56. The van der Waals surface area contributed by atoms with E-state index in [0.29, 0.717) is 5.25 Å². The van der Waals surface area contributed by atoms with Gasteiger partial charge in [-0.25, -0.2) is 4.79 Å². The smallest absolute Gasteiger partial charge is 0.352 e. The maximum Gasteiger partial charge on any atom is 0.352 e. The van der Waals surface area contributed by atoms with Gasteiger partial charge in [-0.2, -0.15) is 0 Å². The minimum atomic E-state index is -0.994. The molecular formula is C17H24N2O4S. The Labute approximate surface area is 145 Å². The van der Waals surface area contributed by atoms with Crippen molar-refractivity contribution in [3.8, 4) is 0 Å². The molecule has 0 spiro atoms. The van der Waals surface area contributed by atoms with Gasteiger partial charge in [-0.1, -0.05) is 6.42 Å². The first-order chi connectivity index (χ1) is 11.5. The summed E-state index contributed by atoms with van der Waals surface area (Å²) < 4.78 is 0. The number of thioether (sulfide) groups is 1. The Bertz CT molecular complexity index is 599. The summed E-state index contributed by atoms with van der Waals surface area (Å²) in [6, 6.07) is -0.149. The van der Waals surface area contributed by atoms with Crippen LogP contribution in [-0.4, -0.2) is 62.7 Å². The minimum Gasteiger partial charge on any atom is -0.477 e. The van der Waals surface area contributed by atoms with Crippen molar-refractivity contribution < 1.29 is 19.8 Å². The van der Waals surface area contributed by atoms with Crippen molar-refractivity contribution in [1.29, 1.82) is 0 Å². The maximum atomic E-state index is 12.4. The highest BCUT2D eigenvalue weighted by Crippen LogP contribution is 2.54. The van der Waals surface area contributed by atoms with Gasteiger partial charge >= 0.3 is 5.97 Å². The number of nitrogens with one attached hydrogen (secondary N) is 1. The van der Waals surface area contributed by atoms with Crippen LogP contribution >= 0.6 is 11.8 Å². The third-order valence-corrected chi connectivity index (χ3v) is 7.54. The first kappa shape index (κ1) is 16.4. The lowest BCUT2D eigenvalue weighted by Crippen LogP contribution is -2.64. The van der Waals surface area contributed by atoms with E-state index in [0.717, 1.165) is 44.3 Å². The Hall–Kier alpha value is -1.05. The molecule has 0 aromatic carbocycles. The summed E-state index contributed by atoms with van der Waals surface area (Å²) >= 11 is 1.88. The van der Waals surface area contributed by atoms with Crippen LogP contribution in [0.15, 0.2) is 11.3 Å². The van der Waals surface area contributed by atoms with E-state index in [4.69, 9.17) is 0 Å². The number of fused-ring (bicyclic) bond motifs is 3. The number of aliphatic carboxylic acids is 1. The standard InChI is InChI=1S/C17H24N2O4S/c1-8(20)12-14-10-3-2-4-11(24-9-5-6-18-7-9)13(10)15(17(22)23)19(14)16(12)21/h8-12,14,18,20H,2-7H2,1H3,(H,22,23)/t8-,9+,10+,11+,12-,14-/m1/s1. The molecule has 1 saturated carbocycles. The van der Waals surface area contributed by atoms with Gasteiger partial charge in [0.25, 0.3) is 0 Å². The molecule has 1 amide bonds. The van der Waals surface area contributed by atoms with Crippen LogP contribution in [0.3, 0.4) is 0 Å². The van der Waals surface area contributed by atoms with Crippen molar-refractivity contribution in [3.05, 3.63) is 11.3 Å². The number of aliphatic hydroxyl groups is 1. The molecule has 6 nitrogen and oxygen atoms in total. The van der Waals surface area contributed by atoms with E-state index in [2.05, 4.69) is 5.32 Å². The first-order valence-electron chi connectivity index (χ1n) is 8.85. The third kappa shape index (κ3) is 2.32. The van der Waals surface area contributed by atoms with E-state index in [1.54, 1.807) is 6.92 Å². The molecule has 0 aromatic heterocycles. The summed E-state index contributed by atoms with van der Waals surface area (Å²) in [4.78, 5) is 25.8. The zero-order chi connectivity index (χ0) is 17.0. The zero-order valence-electron chi connectivity index (χ0n) is 13.8. The zero-order valence-corrected chi connectivity index (χ0v) is 14.6. The normalized spacial score (nSPS) is 39.5. The molecule has 132 valence electrons. The fourth-order valence-corrected chi connectivity index (χ4v) is 6.62. The van der Waals surface area contributed by atoms with Gasteiger partial charge in [0.2, 0.25) is 5.91 Å². The lowest BCUT2D eigenvalue weighted by atomic mass is 9.72. The molecule has 1 aliphatic carbocycles. The molecule has 3 aliphatic heterocycles. The minimum absolute atomic E-state index is 0.106. The number of nitrogens with zero attached hydrogens (tertiary/aromatic N) is 1. The summed E-state index contributed by atoms with van der Waals surface area (Å²) in [6.07, 6.45) is 3.36. The Morgan fingerprint density at radius 1 is 1.38 bits per heavy atom. The van der Waals surface area contributed by atoms with Crippen LogP contribution in [-0.2, 0) is 9.59 Å². The molecule has 24 heavy (non-hydrogen) atoms. The average Bonchev–Trinajstić information content (AvgIpc) is 3.11. The molecule has 0 bridgehead atoms. The molecule has 0 aromatic rings. The van der Waals surface area contributed by atoms with E-state index in [9.17, 15) is 19.8 Å². The van der Waals surface area contributed by atoms with Crippen molar-refractivity contribution >= 4 is 23.6 Å². The van der Waals surface area contributed by atoms with E-state index in [-0.39, 0.29) is 28.8 Å². The Kier molecular flexibility index (Phi) is 4.13. The van der Waals surface area contributed by atoms with Gasteiger partial charge in [0.05, 0.1) is 18.1 Å². The number of hydrogen-bond donors (Lipinski definition) is 3. The van der Waals surface area contributed by atoms with Gasteiger partial charge in [0.1, 0.15) is 5.70 Å². The van der Waals surface area contributed by atoms with Gasteiger partial charge in [-0.05, 0) is 38.3 Å². The van der Waals surface area contributed by atoms with Crippen LogP contribution < -0.4 is 5.32 Å². The predicted octanol–water partition coefficient (Wildman–Crippen LogP) is 0.810. The van der Waals surface area contributed by atoms with Crippen molar-refractivity contribution in [2.45, 2.75) is 55.3 Å². The SMILES string of the molecule is C[C@@H](O)[C@H]1C(=O)N2C(C(=O)O)=C3[C@@H](S[C@H]4CCNC4)CCC[C@@H]3[C@H]12. The van der Waals surface area contributed by atoms with Crippen LogP contribution in [0.2, 0.25) is 0 Å². The molecule has 6 atom stereocenters. The summed E-state index contributed by atoms with van der Waals surface area (Å²) in [5.41, 5.74) is 1.18. The van der Waals surface area contributed by atoms with Gasteiger partial charge in [0, 0.05) is 23.0 Å². The summed E-state index contributed by atoms with van der Waals surface area (Å²) in [6.45, 7) is 3.64. The number of carbonyl (C=O) groups is 2. The predicted molar refractivity (Wildman–Crippen MR) is 90.5 cm³/mol. The second-order valence-electron chi connectivity index (χ2n) is 7.35. The highest BCUT2D eigenvalue weighted by molar-refractivity contribution is 8.00. The monoisotopic (exact) mass is 352 g/mol. The lowest BCUT2D eigenvalue weighted by molar-refractivity contribution is -0.163. The van der Waals surface area contributed by atoms with Gasteiger partial charge in [-0.3, -0.25) is 4.79 Å². The fraction of sp³-hybridized carbons (Fsp3) is 0.765. The second-order valence-corrected chi connectivity index (χ2v) is 8.86.